The van der Waals surface area contributed by atoms with Crippen LogP contribution >= 0.6 is 0 Å². The summed E-state index contributed by atoms with van der Waals surface area (Å²) in [4.78, 5) is 38.6. The summed E-state index contributed by atoms with van der Waals surface area (Å²) in [5.41, 5.74) is 7.19. The molecule has 0 aromatic heterocycles. The zero-order chi connectivity index (χ0) is 20.6. The lowest BCUT2D eigenvalue weighted by molar-refractivity contribution is -0.138. The van der Waals surface area contributed by atoms with Crippen molar-refractivity contribution in [1.82, 2.24) is 10.2 Å². The first-order chi connectivity index (χ1) is 14.0. The van der Waals surface area contributed by atoms with Crippen molar-refractivity contribution in [2.45, 2.75) is 38.0 Å². The number of carbonyl (C=O) groups is 3. The highest BCUT2D eigenvalue weighted by atomic mass is 16.5. The molecule has 1 fully saturated rings. The van der Waals surface area contributed by atoms with E-state index in [4.69, 9.17) is 10.5 Å². The fourth-order valence-corrected chi connectivity index (χ4v) is 3.48. The van der Waals surface area contributed by atoms with E-state index in [1.165, 1.54) is 4.90 Å². The summed E-state index contributed by atoms with van der Waals surface area (Å²) in [6, 6.07) is 17.2. The van der Waals surface area contributed by atoms with Crippen LogP contribution in [0.2, 0.25) is 0 Å². The Morgan fingerprint density at radius 1 is 1.03 bits per heavy atom. The fraction of sp³-hybridized carbons (Fsp3) is 0.318. The molecule has 29 heavy (non-hydrogen) atoms. The minimum atomic E-state index is -0.847. The lowest BCUT2D eigenvalue weighted by atomic mass is 10.0. The van der Waals surface area contributed by atoms with Crippen LogP contribution in [-0.2, 0) is 27.4 Å². The normalized spacial score (nSPS) is 16.8. The highest BCUT2D eigenvalue weighted by molar-refractivity contribution is 5.91. The number of nitrogens with two attached hydrogens (primary N) is 1. The van der Waals surface area contributed by atoms with Crippen molar-refractivity contribution in [2.24, 2.45) is 5.73 Å². The Morgan fingerprint density at radius 3 is 2.28 bits per heavy atom. The third-order valence-electron chi connectivity index (χ3n) is 4.95. The second-order valence-electron chi connectivity index (χ2n) is 7.04. The molecule has 1 saturated heterocycles. The summed E-state index contributed by atoms with van der Waals surface area (Å²) in [6.07, 6.45) is 0.855. The summed E-state index contributed by atoms with van der Waals surface area (Å²) in [7, 11) is 0. The van der Waals surface area contributed by atoms with E-state index < -0.39 is 24.1 Å². The van der Waals surface area contributed by atoms with Gasteiger partial charge in [0.15, 0.2) is 0 Å². The van der Waals surface area contributed by atoms with Gasteiger partial charge in [-0.3, -0.25) is 9.59 Å². The first kappa shape index (κ1) is 20.4. The Kier molecular flexibility index (Phi) is 6.84. The molecule has 2 aromatic rings. The fourth-order valence-electron chi connectivity index (χ4n) is 3.48. The molecule has 7 heteroatoms. The number of nitrogens with one attached hydrogen (secondary N) is 1. The number of nitrogens with zero attached hydrogens (tertiary/aromatic N) is 1. The SMILES string of the molecule is NC(=O)[C@@H]1CCCN1C(=O)[C@@H](Cc1ccccc1)NC(=O)OCc1ccccc1. The van der Waals surface area contributed by atoms with Crippen molar-refractivity contribution in [2.75, 3.05) is 6.54 Å². The van der Waals surface area contributed by atoms with Gasteiger partial charge in [0, 0.05) is 13.0 Å². The average molecular weight is 395 g/mol. The van der Waals surface area contributed by atoms with Gasteiger partial charge in [0.2, 0.25) is 11.8 Å². The summed E-state index contributed by atoms with van der Waals surface area (Å²) in [5.74, 6) is -0.854. The number of rotatable bonds is 7. The minimum Gasteiger partial charge on any atom is -0.445 e. The second kappa shape index (κ2) is 9.73. The monoisotopic (exact) mass is 395 g/mol. The molecular weight excluding hydrogens is 370 g/mol. The third-order valence-corrected chi connectivity index (χ3v) is 4.95. The van der Waals surface area contributed by atoms with Crippen molar-refractivity contribution in [3.8, 4) is 0 Å². The average Bonchev–Trinajstić information content (AvgIpc) is 3.23. The van der Waals surface area contributed by atoms with Crippen LogP contribution < -0.4 is 11.1 Å². The van der Waals surface area contributed by atoms with Crippen LogP contribution in [0, 0.1) is 0 Å². The van der Waals surface area contributed by atoms with Gasteiger partial charge in [-0.25, -0.2) is 4.79 Å². The van der Waals surface area contributed by atoms with Crippen LogP contribution in [0.1, 0.15) is 24.0 Å². The minimum absolute atomic E-state index is 0.104. The molecule has 2 aromatic carbocycles. The molecule has 0 radical (unpaired) electrons. The maximum absolute atomic E-state index is 13.1. The summed E-state index contributed by atoms with van der Waals surface area (Å²) in [5, 5.41) is 2.67. The molecule has 1 aliphatic heterocycles. The van der Waals surface area contributed by atoms with Gasteiger partial charge in [0.1, 0.15) is 18.7 Å². The summed E-state index contributed by atoms with van der Waals surface area (Å²) >= 11 is 0. The van der Waals surface area contributed by atoms with E-state index >= 15 is 0 Å². The van der Waals surface area contributed by atoms with Crippen molar-refractivity contribution in [3.63, 3.8) is 0 Å². The number of benzene rings is 2. The summed E-state index contributed by atoms with van der Waals surface area (Å²) < 4.78 is 5.27. The Hall–Kier alpha value is -3.35. The molecule has 3 amide bonds. The quantitative estimate of drug-likeness (QED) is 0.749. The third kappa shape index (κ3) is 5.57. The highest BCUT2D eigenvalue weighted by Crippen LogP contribution is 2.19. The first-order valence-corrected chi connectivity index (χ1v) is 9.65. The van der Waals surface area contributed by atoms with Gasteiger partial charge in [0.05, 0.1) is 0 Å². The topological polar surface area (TPSA) is 102 Å². The Balaban J connectivity index is 1.69. The second-order valence-corrected chi connectivity index (χ2v) is 7.04. The Morgan fingerprint density at radius 2 is 1.66 bits per heavy atom. The van der Waals surface area contributed by atoms with Gasteiger partial charge in [-0.05, 0) is 24.0 Å². The zero-order valence-corrected chi connectivity index (χ0v) is 16.1. The van der Waals surface area contributed by atoms with Crippen LogP contribution in [0.15, 0.2) is 60.7 Å². The molecule has 7 nitrogen and oxygen atoms in total. The maximum Gasteiger partial charge on any atom is 0.408 e. The van der Waals surface area contributed by atoms with Crippen LogP contribution in [0.25, 0.3) is 0 Å². The highest BCUT2D eigenvalue weighted by Gasteiger charge is 2.36. The van der Waals surface area contributed by atoms with E-state index in [1.807, 2.05) is 60.7 Å². The lowest BCUT2D eigenvalue weighted by Gasteiger charge is -2.27. The van der Waals surface area contributed by atoms with Crippen LogP contribution in [0.5, 0.6) is 0 Å². The van der Waals surface area contributed by atoms with Gasteiger partial charge >= 0.3 is 6.09 Å². The van der Waals surface area contributed by atoms with Crippen LogP contribution in [-0.4, -0.2) is 41.4 Å². The van der Waals surface area contributed by atoms with E-state index in [0.29, 0.717) is 25.8 Å². The first-order valence-electron chi connectivity index (χ1n) is 9.65. The molecule has 3 N–H and O–H groups in total. The van der Waals surface area contributed by atoms with E-state index in [2.05, 4.69) is 5.32 Å². The molecule has 3 rings (SSSR count). The number of carbonyl (C=O) groups excluding carboxylic acids is 3. The maximum atomic E-state index is 13.1. The molecule has 0 spiro atoms. The van der Waals surface area contributed by atoms with Crippen LogP contribution in [0.3, 0.4) is 0 Å². The predicted octanol–water partition coefficient (Wildman–Crippen LogP) is 2.00. The van der Waals surface area contributed by atoms with Crippen molar-refractivity contribution >= 4 is 17.9 Å². The van der Waals surface area contributed by atoms with Gasteiger partial charge in [-0.15, -0.1) is 0 Å². The van der Waals surface area contributed by atoms with Gasteiger partial charge in [-0.1, -0.05) is 60.7 Å². The Labute approximate surface area is 169 Å². The standard InChI is InChI=1S/C22H25N3O4/c23-20(26)19-12-7-13-25(19)21(27)18(14-16-8-3-1-4-9-16)24-22(28)29-15-17-10-5-2-6-11-17/h1-6,8-11,18-19H,7,12-15H2,(H2,23,26)(H,24,28)/t18-,19+/m1/s1. The van der Waals surface area contributed by atoms with E-state index in [-0.39, 0.29) is 12.5 Å². The van der Waals surface area contributed by atoms with E-state index in [0.717, 1.165) is 11.1 Å². The molecule has 0 aliphatic carbocycles. The number of primary amides is 1. The number of alkyl carbamates (subject to hydrolysis) is 1. The smallest absolute Gasteiger partial charge is 0.408 e. The number of likely N-dealkylation sites (tertiary alicyclic amines) is 1. The predicted molar refractivity (Wildman–Crippen MR) is 108 cm³/mol. The van der Waals surface area contributed by atoms with Crippen molar-refractivity contribution in [3.05, 3.63) is 71.8 Å². The molecule has 152 valence electrons. The summed E-state index contributed by atoms with van der Waals surface area (Å²) in [6.45, 7) is 0.547. The lowest BCUT2D eigenvalue weighted by Crippen LogP contribution is -2.53. The van der Waals surface area contributed by atoms with Crippen molar-refractivity contribution < 1.29 is 19.1 Å². The number of ether oxygens (including phenoxy) is 1. The van der Waals surface area contributed by atoms with Crippen molar-refractivity contribution in [1.29, 1.82) is 0 Å². The number of amides is 3. The molecule has 1 aliphatic rings. The Bertz CT molecular complexity index is 842. The zero-order valence-electron chi connectivity index (χ0n) is 16.1. The van der Waals surface area contributed by atoms with Gasteiger partial charge < -0.3 is 20.7 Å². The van der Waals surface area contributed by atoms with E-state index in [1.54, 1.807) is 0 Å². The largest absolute Gasteiger partial charge is 0.445 e. The molecule has 1 heterocycles. The van der Waals surface area contributed by atoms with Gasteiger partial charge in [-0.2, -0.15) is 0 Å². The molecular formula is C22H25N3O4. The number of hydrogen-bond acceptors (Lipinski definition) is 4. The molecule has 2 atom stereocenters. The molecule has 0 unspecified atom stereocenters. The van der Waals surface area contributed by atoms with Gasteiger partial charge in [0.25, 0.3) is 0 Å². The van der Waals surface area contributed by atoms with Crippen LogP contribution in [0.4, 0.5) is 4.79 Å². The molecule has 0 saturated carbocycles. The van der Waals surface area contributed by atoms with E-state index in [9.17, 15) is 14.4 Å². The molecule has 0 bridgehead atoms. The number of hydrogen-bond donors (Lipinski definition) is 2.